The van der Waals surface area contributed by atoms with Gasteiger partial charge in [-0.15, -0.1) is 0 Å². The molecular formula is C20H16FNO4S. The molecule has 0 fully saturated rings. The second kappa shape index (κ2) is 6.92. The Hall–Kier alpha value is -3.06. The van der Waals surface area contributed by atoms with Crippen LogP contribution in [-0.2, 0) is 16.6 Å². The minimum Gasteiger partial charge on any atom is -0.489 e. The van der Waals surface area contributed by atoms with Crippen LogP contribution < -0.4 is 14.2 Å². The van der Waals surface area contributed by atoms with E-state index in [1.807, 2.05) is 24.3 Å². The van der Waals surface area contributed by atoms with Gasteiger partial charge in [0, 0.05) is 5.56 Å². The van der Waals surface area contributed by atoms with Gasteiger partial charge in [-0.25, -0.2) is 12.8 Å². The number of hydrogen-bond acceptors (Lipinski definition) is 4. The highest BCUT2D eigenvalue weighted by atomic mass is 32.2. The van der Waals surface area contributed by atoms with Crippen LogP contribution in [0.15, 0.2) is 66.7 Å². The Kier molecular flexibility index (Phi) is 4.45. The summed E-state index contributed by atoms with van der Waals surface area (Å²) >= 11 is 0. The van der Waals surface area contributed by atoms with Gasteiger partial charge in [0.15, 0.2) is 0 Å². The lowest BCUT2D eigenvalue weighted by atomic mass is 10.0. The normalized spacial score (nSPS) is 14.6. The number of para-hydroxylation sites is 1. The third-order valence-corrected chi connectivity index (χ3v) is 5.06. The zero-order valence-electron chi connectivity index (χ0n) is 14.2. The Morgan fingerprint density at radius 3 is 2.59 bits per heavy atom. The van der Waals surface area contributed by atoms with Crippen LogP contribution in [-0.4, -0.2) is 14.4 Å². The van der Waals surface area contributed by atoms with Crippen LogP contribution >= 0.6 is 0 Å². The predicted molar refractivity (Wildman–Crippen MR) is 101 cm³/mol. The third kappa shape index (κ3) is 3.88. The molecule has 7 heteroatoms. The van der Waals surface area contributed by atoms with E-state index in [-0.39, 0.29) is 12.4 Å². The lowest BCUT2D eigenvalue weighted by Crippen LogP contribution is -2.25. The van der Waals surface area contributed by atoms with Gasteiger partial charge in [0.05, 0.1) is 5.69 Å². The molecule has 0 aromatic heterocycles. The minimum absolute atomic E-state index is 0.255. The summed E-state index contributed by atoms with van der Waals surface area (Å²) in [5.74, 6) is 0.430. The average Bonchev–Trinajstić information content (AvgIpc) is 2.66. The van der Waals surface area contributed by atoms with Gasteiger partial charge in [-0.2, -0.15) is 0 Å². The number of nitrogens with one attached hydrogen (secondary N) is 1. The molecule has 0 unspecified atom stereocenters. The summed E-state index contributed by atoms with van der Waals surface area (Å²) in [5, 5.41) is 0. The zero-order chi connectivity index (χ0) is 18.9. The van der Waals surface area contributed by atoms with E-state index in [1.165, 1.54) is 12.1 Å². The highest BCUT2D eigenvalue weighted by Crippen LogP contribution is 2.39. The maximum atomic E-state index is 13.2. The number of ether oxygens (including phenoxy) is 2. The van der Waals surface area contributed by atoms with Crippen LogP contribution in [0.4, 0.5) is 10.1 Å². The summed E-state index contributed by atoms with van der Waals surface area (Å²) in [5.41, 5.74) is 2.70. The smallest absolute Gasteiger partial charge is 0.268 e. The maximum Gasteiger partial charge on any atom is 0.268 e. The monoisotopic (exact) mass is 385 g/mol. The van der Waals surface area contributed by atoms with Crippen LogP contribution in [0.3, 0.4) is 0 Å². The van der Waals surface area contributed by atoms with Crippen molar-refractivity contribution >= 4 is 15.7 Å². The average molecular weight is 385 g/mol. The first-order chi connectivity index (χ1) is 13.0. The van der Waals surface area contributed by atoms with Gasteiger partial charge in [0.1, 0.15) is 23.9 Å². The molecule has 0 saturated heterocycles. The molecule has 1 N–H and O–H groups in total. The summed E-state index contributed by atoms with van der Waals surface area (Å²) < 4.78 is 50.4. The largest absolute Gasteiger partial charge is 0.489 e. The van der Waals surface area contributed by atoms with Crippen molar-refractivity contribution in [1.82, 2.24) is 0 Å². The first-order valence-corrected chi connectivity index (χ1v) is 9.89. The summed E-state index contributed by atoms with van der Waals surface area (Å²) in [6.07, 6.45) is 0. The van der Waals surface area contributed by atoms with Crippen LogP contribution in [0, 0.1) is 5.82 Å². The first-order valence-electron chi connectivity index (χ1n) is 8.24. The number of hydrogen-bond donors (Lipinski definition) is 1. The van der Waals surface area contributed by atoms with Gasteiger partial charge in [-0.1, -0.05) is 36.4 Å². The second-order valence-electron chi connectivity index (χ2n) is 6.10. The molecule has 4 rings (SSSR count). The molecule has 0 saturated carbocycles. The molecule has 0 bridgehead atoms. The Bertz CT molecular complexity index is 1080. The summed E-state index contributed by atoms with van der Waals surface area (Å²) in [6.45, 7) is 0.255. The van der Waals surface area contributed by atoms with E-state index in [9.17, 15) is 12.8 Å². The molecule has 0 amide bonds. The molecular weight excluding hydrogens is 369 g/mol. The first kappa shape index (κ1) is 17.4. The highest BCUT2D eigenvalue weighted by molar-refractivity contribution is 7.92. The van der Waals surface area contributed by atoms with Crippen molar-refractivity contribution in [2.45, 2.75) is 6.61 Å². The van der Waals surface area contributed by atoms with Crippen molar-refractivity contribution in [3.05, 3.63) is 78.1 Å². The van der Waals surface area contributed by atoms with Crippen molar-refractivity contribution in [2.75, 3.05) is 10.7 Å². The highest BCUT2D eigenvalue weighted by Gasteiger charge is 2.24. The Balaban J connectivity index is 1.55. The molecule has 138 valence electrons. The van der Waals surface area contributed by atoms with Crippen LogP contribution in [0.1, 0.15) is 5.56 Å². The Morgan fingerprint density at radius 1 is 1.04 bits per heavy atom. The molecule has 27 heavy (non-hydrogen) atoms. The van der Waals surface area contributed by atoms with E-state index in [0.29, 0.717) is 22.7 Å². The zero-order valence-corrected chi connectivity index (χ0v) is 15.0. The predicted octanol–water partition coefficient (Wildman–Crippen LogP) is 4.16. The third-order valence-electron chi connectivity index (χ3n) is 4.11. The fourth-order valence-electron chi connectivity index (χ4n) is 2.85. The van der Waals surface area contributed by atoms with Gasteiger partial charge < -0.3 is 9.47 Å². The lowest BCUT2D eigenvalue weighted by Gasteiger charge is -2.22. The number of fused-ring (bicyclic) bond motifs is 1. The quantitative estimate of drug-likeness (QED) is 0.732. The van der Waals surface area contributed by atoms with E-state index >= 15 is 0 Å². The molecule has 3 aromatic rings. The van der Waals surface area contributed by atoms with E-state index in [4.69, 9.17) is 9.47 Å². The topological polar surface area (TPSA) is 64.6 Å². The molecule has 0 aliphatic carbocycles. The van der Waals surface area contributed by atoms with Crippen molar-refractivity contribution in [2.24, 2.45) is 0 Å². The van der Waals surface area contributed by atoms with Gasteiger partial charge in [0.25, 0.3) is 10.0 Å². The molecule has 0 atom stereocenters. The number of sulfonamides is 1. The maximum absolute atomic E-state index is 13.2. The molecule has 5 nitrogen and oxygen atoms in total. The molecule has 1 aliphatic rings. The fourth-order valence-corrected chi connectivity index (χ4v) is 3.71. The van der Waals surface area contributed by atoms with E-state index in [1.54, 1.807) is 30.3 Å². The summed E-state index contributed by atoms with van der Waals surface area (Å²) in [7, 11) is -3.51. The number of benzene rings is 3. The minimum atomic E-state index is -3.51. The van der Waals surface area contributed by atoms with E-state index < -0.39 is 16.0 Å². The van der Waals surface area contributed by atoms with E-state index in [0.717, 1.165) is 11.1 Å². The van der Waals surface area contributed by atoms with Crippen molar-refractivity contribution in [3.63, 3.8) is 0 Å². The van der Waals surface area contributed by atoms with Crippen molar-refractivity contribution in [3.8, 4) is 22.6 Å². The molecule has 1 heterocycles. The van der Waals surface area contributed by atoms with Crippen LogP contribution in [0.25, 0.3) is 11.1 Å². The SMILES string of the molecule is O=S1(=O)COc2cccc(-c3ccc(OCc4cccc(F)c4)cc3)c2N1. The van der Waals surface area contributed by atoms with E-state index in [2.05, 4.69) is 4.72 Å². The Labute approximate surface area is 156 Å². The summed E-state index contributed by atoms with van der Waals surface area (Å²) in [6, 6.07) is 18.8. The standard InChI is InChI=1S/C20H16FNO4S/c21-16-4-1-3-14(11-16)12-25-17-9-7-15(8-10-17)18-5-2-6-19-20(18)22-27(23,24)13-26-19/h1-11,22H,12-13H2. The van der Waals surface area contributed by atoms with Gasteiger partial charge in [0.2, 0.25) is 5.94 Å². The number of rotatable bonds is 4. The van der Waals surface area contributed by atoms with Crippen LogP contribution in [0.2, 0.25) is 0 Å². The van der Waals surface area contributed by atoms with Gasteiger partial charge >= 0.3 is 0 Å². The number of anilines is 1. The summed E-state index contributed by atoms with van der Waals surface area (Å²) in [4.78, 5) is 0. The second-order valence-corrected chi connectivity index (χ2v) is 7.77. The fraction of sp³-hybridized carbons (Fsp3) is 0.100. The molecule has 0 radical (unpaired) electrons. The van der Waals surface area contributed by atoms with Gasteiger partial charge in [-0.3, -0.25) is 4.72 Å². The molecule has 3 aromatic carbocycles. The van der Waals surface area contributed by atoms with Gasteiger partial charge in [-0.05, 0) is 41.5 Å². The van der Waals surface area contributed by atoms with Crippen molar-refractivity contribution in [1.29, 1.82) is 0 Å². The number of halogens is 1. The lowest BCUT2D eigenvalue weighted by molar-refractivity contribution is 0.305. The van der Waals surface area contributed by atoms with Crippen molar-refractivity contribution < 1.29 is 22.3 Å². The molecule has 1 aliphatic heterocycles. The van der Waals surface area contributed by atoms with Crippen LogP contribution in [0.5, 0.6) is 11.5 Å². The Morgan fingerprint density at radius 2 is 1.81 bits per heavy atom. The molecule has 0 spiro atoms.